The van der Waals surface area contributed by atoms with Crippen LogP contribution in [0.15, 0.2) is 48.5 Å². The van der Waals surface area contributed by atoms with E-state index in [9.17, 15) is 0 Å². The van der Waals surface area contributed by atoms with Crippen LogP contribution < -0.4 is 0 Å². The summed E-state index contributed by atoms with van der Waals surface area (Å²) < 4.78 is 0. The first-order chi connectivity index (χ1) is 6.88. The van der Waals surface area contributed by atoms with Crippen molar-refractivity contribution in [1.29, 1.82) is 0 Å². The lowest BCUT2D eigenvalue weighted by Gasteiger charge is -1.90. The summed E-state index contributed by atoms with van der Waals surface area (Å²) in [4.78, 5) is 0. The molecule has 1 aromatic heterocycles. The molecule has 0 fully saturated rings. The van der Waals surface area contributed by atoms with Crippen molar-refractivity contribution in [2.45, 2.75) is 0 Å². The molecule has 0 spiro atoms. The molecule has 0 saturated carbocycles. The summed E-state index contributed by atoms with van der Waals surface area (Å²) in [7, 11) is -0.0967. The van der Waals surface area contributed by atoms with Gasteiger partial charge >= 0.3 is 0 Å². The molecule has 0 aliphatic heterocycles. The number of hydrogen-bond donors (Lipinski definition) is 0. The van der Waals surface area contributed by atoms with Gasteiger partial charge in [0.15, 0.2) is 0 Å². The Morgan fingerprint density at radius 3 is 1.64 bits per heavy atom. The average molecular weight is 198 g/mol. The van der Waals surface area contributed by atoms with Gasteiger partial charge in [-0.15, -0.1) is 7.53 Å². The Morgan fingerprint density at radius 2 is 1.14 bits per heavy atom. The van der Waals surface area contributed by atoms with Crippen LogP contribution in [0.2, 0.25) is 0 Å². The SMILES string of the molecule is Cp1c2ccccc2c2ccccc21. The molecular weight excluding hydrogens is 187 g/mol. The molecule has 1 heteroatoms. The summed E-state index contributed by atoms with van der Waals surface area (Å²) in [5.74, 6) is 0. The number of aryl methyl sites for hydroxylation is 1. The normalized spacial score (nSPS) is 11.2. The van der Waals surface area contributed by atoms with E-state index in [2.05, 4.69) is 55.2 Å². The Morgan fingerprint density at radius 1 is 0.714 bits per heavy atom. The van der Waals surface area contributed by atoms with Crippen LogP contribution in [-0.4, -0.2) is 0 Å². The summed E-state index contributed by atoms with van der Waals surface area (Å²) >= 11 is 0. The molecule has 0 saturated heterocycles. The molecule has 0 atom stereocenters. The van der Waals surface area contributed by atoms with Gasteiger partial charge in [0.2, 0.25) is 0 Å². The highest BCUT2D eigenvalue weighted by molar-refractivity contribution is 7.59. The second-order valence-electron chi connectivity index (χ2n) is 3.59. The number of fused-ring (bicyclic) bond motifs is 3. The standard InChI is InChI=1S/C13H11P/c1-14-12-8-4-2-6-10(12)11-7-3-5-9-13(11)14/h2-9H,1H3. The van der Waals surface area contributed by atoms with E-state index in [0.717, 1.165) is 0 Å². The quantitative estimate of drug-likeness (QED) is 0.498. The molecule has 14 heavy (non-hydrogen) atoms. The van der Waals surface area contributed by atoms with Crippen molar-refractivity contribution < 1.29 is 0 Å². The van der Waals surface area contributed by atoms with Gasteiger partial charge < -0.3 is 0 Å². The fourth-order valence-corrected chi connectivity index (χ4v) is 4.11. The Balaban J connectivity index is 2.69. The highest BCUT2D eigenvalue weighted by Gasteiger charge is 2.05. The molecule has 0 N–H and O–H groups in total. The topological polar surface area (TPSA) is 0 Å². The number of rotatable bonds is 0. The smallest absolute Gasteiger partial charge is 0.00211 e. The minimum atomic E-state index is -0.0967. The van der Waals surface area contributed by atoms with E-state index in [1.165, 1.54) is 21.0 Å². The second kappa shape index (κ2) is 2.87. The van der Waals surface area contributed by atoms with Gasteiger partial charge in [-0.3, -0.25) is 0 Å². The molecule has 0 bridgehead atoms. The molecule has 2 aromatic carbocycles. The summed E-state index contributed by atoms with van der Waals surface area (Å²) in [6, 6.07) is 17.5. The monoisotopic (exact) mass is 198 g/mol. The van der Waals surface area contributed by atoms with Crippen molar-refractivity contribution in [3.8, 4) is 0 Å². The van der Waals surface area contributed by atoms with Crippen molar-refractivity contribution in [2.75, 3.05) is 0 Å². The Kier molecular flexibility index (Phi) is 1.65. The van der Waals surface area contributed by atoms with E-state index in [4.69, 9.17) is 0 Å². The first-order valence-electron chi connectivity index (χ1n) is 4.80. The van der Waals surface area contributed by atoms with Gasteiger partial charge in [-0.1, -0.05) is 48.5 Å². The van der Waals surface area contributed by atoms with Crippen molar-refractivity contribution in [1.82, 2.24) is 0 Å². The van der Waals surface area contributed by atoms with E-state index < -0.39 is 0 Å². The molecule has 0 unspecified atom stereocenters. The van der Waals surface area contributed by atoms with E-state index in [-0.39, 0.29) is 7.53 Å². The molecule has 3 aromatic rings. The lowest BCUT2D eigenvalue weighted by Crippen LogP contribution is -1.62. The maximum atomic E-state index is 2.35. The highest BCUT2D eigenvalue weighted by Crippen LogP contribution is 2.46. The van der Waals surface area contributed by atoms with Crippen LogP contribution in [0.5, 0.6) is 0 Å². The molecule has 3 rings (SSSR count). The van der Waals surface area contributed by atoms with Crippen molar-refractivity contribution in [2.24, 2.45) is 6.66 Å². The zero-order valence-electron chi connectivity index (χ0n) is 8.07. The summed E-state index contributed by atoms with van der Waals surface area (Å²) in [6.45, 7) is 2.35. The van der Waals surface area contributed by atoms with Crippen LogP contribution in [0.1, 0.15) is 0 Å². The fraction of sp³-hybridized carbons (Fsp3) is 0.0769. The summed E-state index contributed by atoms with van der Waals surface area (Å²) in [5, 5.41) is 5.95. The molecule has 0 nitrogen and oxygen atoms in total. The zero-order chi connectivity index (χ0) is 9.54. The van der Waals surface area contributed by atoms with E-state index in [0.29, 0.717) is 0 Å². The van der Waals surface area contributed by atoms with Crippen LogP contribution in [0.25, 0.3) is 21.0 Å². The third-order valence-electron chi connectivity index (χ3n) is 2.82. The van der Waals surface area contributed by atoms with Gasteiger partial charge in [0.1, 0.15) is 0 Å². The first kappa shape index (κ1) is 8.08. The minimum absolute atomic E-state index is 0.0967. The molecule has 0 radical (unpaired) electrons. The van der Waals surface area contributed by atoms with Gasteiger partial charge in [0.05, 0.1) is 0 Å². The summed E-state index contributed by atoms with van der Waals surface area (Å²) in [5.41, 5.74) is 0. The largest absolute Gasteiger partial charge is 0.112 e. The van der Waals surface area contributed by atoms with Crippen LogP contribution in [0.3, 0.4) is 0 Å². The maximum Gasteiger partial charge on any atom is 0.00211 e. The van der Waals surface area contributed by atoms with Crippen molar-refractivity contribution in [3.05, 3.63) is 48.5 Å². The van der Waals surface area contributed by atoms with Crippen LogP contribution in [0.4, 0.5) is 0 Å². The van der Waals surface area contributed by atoms with Gasteiger partial charge in [-0.25, -0.2) is 0 Å². The lowest BCUT2D eigenvalue weighted by molar-refractivity contribution is 1.84. The van der Waals surface area contributed by atoms with E-state index >= 15 is 0 Å². The van der Waals surface area contributed by atoms with E-state index in [1.54, 1.807) is 0 Å². The van der Waals surface area contributed by atoms with E-state index in [1.807, 2.05) is 0 Å². The zero-order valence-corrected chi connectivity index (χ0v) is 8.96. The fourth-order valence-electron chi connectivity index (χ4n) is 2.12. The van der Waals surface area contributed by atoms with Crippen molar-refractivity contribution in [3.63, 3.8) is 0 Å². The predicted molar refractivity (Wildman–Crippen MR) is 65.1 cm³/mol. The molecular formula is C13H11P. The summed E-state index contributed by atoms with van der Waals surface area (Å²) in [6.07, 6.45) is 0. The van der Waals surface area contributed by atoms with Crippen LogP contribution >= 0.6 is 7.53 Å². The van der Waals surface area contributed by atoms with Crippen LogP contribution in [0, 0.1) is 0 Å². The molecule has 0 aliphatic rings. The number of benzene rings is 2. The lowest BCUT2D eigenvalue weighted by atomic mass is 10.2. The minimum Gasteiger partial charge on any atom is -0.112 e. The van der Waals surface area contributed by atoms with Crippen molar-refractivity contribution >= 4 is 28.5 Å². The molecule has 0 amide bonds. The maximum absolute atomic E-state index is 2.35. The predicted octanol–water partition coefficient (Wildman–Crippen LogP) is 4.52. The molecule has 68 valence electrons. The first-order valence-corrected chi connectivity index (χ1v) is 6.59. The van der Waals surface area contributed by atoms with Gasteiger partial charge in [0, 0.05) is 10.2 Å². The second-order valence-corrected chi connectivity index (χ2v) is 5.67. The Labute approximate surface area is 84.2 Å². The van der Waals surface area contributed by atoms with Gasteiger partial charge in [-0.05, 0) is 17.4 Å². The third-order valence-corrected chi connectivity index (χ3v) is 5.05. The Hall–Kier alpha value is -1.26. The van der Waals surface area contributed by atoms with Gasteiger partial charge in [0.25, 0.3) is 0 Å². The number of hydrogen-bond acceptors (Lipinski definition) is 0. The molecule has 0 aliphatic carbocycles. The third kappa shape index (κ3) is 0.951. The Bertz CT molecular complexity index is 551. The highest BCUT2D eigenvalue weighted by atomic mass is 31.1. The average Bonchev–Trinajstić information content (AvgIpc) is 2.55. The van der Waals surface area contributed by atoms with Gasteiger partial charge in [-0.2, -0.15) is 0 Å². The van der Waals surface area contributed by atoms with Crippen LogP contribution in [-0.2, 0) is 6.66 Å². The molecule has 1 heterocycles.